The van der Waals surface area contributed by atoms with E-state index in [4.69, 9.17) is 4.74 Å². The minimum Gasteiger partial charge on any atom is -0.489 e. The van der Waals surface area contributed by atoms with E-state index in [-0.39, 0.29) is 17.6 Å². The number of hydrogen-bond acceptors (Lipinski definition) is 3. The maximum atomic E-state index is 13.5. The number of nitrogens with zero attached hydrogens (tertiary/aromatic N) is 1. The lowest BCUT2D eigenvalue weighted by atomic mass is 9.77. The molecule has 1 atom stereocenters. The first-order valence-electron chi connectivity index (χ1n) is 12.1. The Bertz CT molecular complexity index is 1230. The van der Waals surface area contributed by atoms with Gasteiger partial charge in [0, 0.05) is 30.0 Å². The Hall–Kier alpha value is -3.66. The summed E-state index contributed by atoms with van der Waals surface area (Å²) >= 11 is 0. The van der Waals surface area contributed by atoms with Crippen molar-refractivity contribution in [2.75, 3.05) is 4.90 Å². The summed E-state index contributed by atoms with van der Waals surface area (Å²) < 4.78 is 5.93. The number of ether oxygens (including phenoxy) is 1. The van der Waals surface area contributed by atoms with Crippen LogP contribution in [0.4, 0.5) is 5.69 Å². The first-order chi connectivity index (χ1) is 16.7. The third-order valence-electron chi connectivity index (χ3n) is 6.82. The second-order valence-corrected chi connectivity index (χ2v) is 8.95. The molecule has 1 aliphatic carbocycles. The van der Waals surface area contributed by atoms with Crippen LogP contribution < -0.4 is 9.64 Å². The average Bonchev–Trinajstić information content (AvgIpc) is 2.88. The predicted molar refractivity (Wildman–Crippen MR) is 134 cm³/mol. The van der Waals surface area contributed by atoms with Crippen molar-refractivity contribution in [2.24, 2.45) is 0 Å². The van der Waals surface area contributed by atoms with Crippen molar-refractivity contribution >= 4 is 17.4 Å². The largest absolute Gasteiger partial charge is 0.489 e. The molecule has 0 bridgehead atoms. The Morgan fingerprint density at radius 3 is 2.38 bits per heavy atom. The molecular weight excluding hydrogens is 422 g/mol. The molecule has 1 heterocycles. The van der Waals surface area contributed by atoms with Crippen molar-refractivity contribution in [3.63, 3.8) is 0 Å². The molecule has 3 aromatic rings. The standard InChI is InChI=1S/C30H29NO3/c1-2-22-11-6-7-12-26(22)31-27-13-8-14-28(32)30(27)25(19-29(31)33)23-15-17-24(18-16-23)34-20-21-9-4-3-5-10-21/h3-7,9-12,15-18,25H,2,8,13-14,19-20H2,1H3. The zero-order valence-corrected chi connectivity index (χ0v) is 19.5. The number of anilines is 1. The molecule has 1 amide bonds. The van der Waals surface area contributed by atoms with Gasteiger partial charge in [0.15, 0.2) is 5.78 Å². The second kappa shape index (κ2) is 9.68. The number of benzene rings is 3. The predicted octanol–water partition coefficient (Wildman–Crippen LogP) is 6.36. The molecule has 0 fully saturated rings. The van der Waals surface area contributed by atoms with Crippen molar-refractivity contribution < 1.29 is 14.3 Å². The fraction of sp³-hybridized carbons (Fsp3) is 0.267. The highest BCUT2D eigenvalue weighted by atomic mass is 16.5. The quantitative estimate of drug-likeness (QED) is 0.438. The number of ketones is 1. The number of hydrogen-bond donors (Lipinski definition) is 0. The topological polar surface area (TPSA) is 46.6 Å². The summed E-state index contributed by atoms with van der Waals surface area (Å²) in [7, 11) is 0. The van der Waals surface area contributed by atoms with Gasteiger partial charge >= 0.3 is 0 Å². The molecule has 2 aliphatic rings. The van der Waals surface area contributed by atoms with E-state index in [1.54, 1.807) is 0 Å². The number of rotatable bonds is 6. The fourth-order valence-electron chi connectivity index (χ4n) is 5.12. The van der Waals surface area contributed by atoms with Crippen molar-refractivity contribution in [1.29, 1.82) is 0 Å². The molecule has 3 aromatic carbocycles. The maximum Gasteiger partial charge on any atom is 0.232 e. The summed E-state index contributed by atoms with van der Waals surface area (Å²) in [6.45, 7) is 2.60. The van der Waals surface area contributed by atoms with E-state index in [0.29, 0.717) is 19.4 Å². The molecular formula is C30H29NO3. The number of carbonyl (C=O) groups is 2. The summed E-state index contributed by atoms with van der Waals surface area (Å²) in [5.74, 6) is 0.798. The number of allylic oxidation sites excluding steroid dienone is 2. The van der Waals surface area contributed by atoms with E-state index in [9.17, 15) is 9.59 Å². The van der Waals surface area contributed by atoms with Gasteiger partial charge in [0.1, 0.15) is 12.4 Å². The van der Waals surface area contributed by atoms with Gasteiger partial charge in [-0.05, 0) is 54.2 Å². The molecule has 5 rings (SSSR count). The van der Waals surface area contributed by atoms with Crippen LogP contribution in [0.1, 0.15) is 55.2 Å². The molecule has 4 nitrogen and oxygen atoms in total. The first kappa shape index (κ1) is 22.1. The molecule has 0 aromatic heterocycles. The first-order valence-corrected chi connectivity index (χ1v) is 12.1. The molecule has 4 heteroatoms. The van der Waals surface area contributed by atoms with E-state index in [2.05, 4.69) is 13.0 Å². The highest BCUT2D eigenvalue weighted by Crippen LogP contribution is 2.44. The minimum absolute atomic E-state index is 0.0590. The Kier molecular flexibility index (Phi) is 6.31. The lowest BCUT2D eigenvalue weighted by Gasteiger charge is -2.39. The van der Waals surface area contributed by atoms with E-state index in [1.807, 2.05) is 77.7 Å². The normalized spacial score (nSPS) is 18.1. The molecule has 1 aliphatic heterocycles. The molecule has 0 spiro atoms. The lowest BCUT2D eigenvalue weighted by molar-refractivity contribution is -0.119. The molecule has 0 saturated carbocycles. The Morgan fingerprint density at radius 1 is 0.882 bits per heavy atom. The van der Waals surface area contributed by atoms with Gasteiger partial charge in [-0.15, -0.1) is 0 Å². The highest BCUT2D eigenvalue weighted by molar-refractivity contribution is 6.07. The van der Waals surface area contributed by atoms with Gasteiger partial charge in [-0.2, -0.15) is 0 Å². The number of Topliss-reactive ketones (excluding diaryl/α,β-unsaturated/α-hetero) is 1. The van der Waals surface area contributed by atoms with Crippen LogP contribution in [0, 0.1) is 0 Å². The van der Waals surface area contributed by atoms with Crippen molar-refractivity contribution in [3.05, 3.63) is 107 Å². The minimum atomic E-state index is -0.205. The van der Waals surface area contributed by atoms with Crippen molar-refractivity contribution in [3.8, 4) is 5.75 Å². The van der Waals surface area contributed by atoms with Gasteiger partial charge in [0.25, 0.3) is 0 Å². The number of amides is 1. The fourth-order valence-corrected chi connectivity index (χ4v) is 5.12. The highest BCUT2D eigenvalue weighted by Gasteiger charge is 2.40. The van der Waals surface area contributed by atoms with E-state index in [0.717, 1.165) is 58.7 Å². The smallest absolute Gasteiger partial charge is 0.232 e. The third kappa shape index (κ3) is 4.28. The molecule has 1 unspecified atom stereocenters. The maximum absolute atomic E-state index is 13.5. The summed E-state index contributed by atoms with van der Waals surface area (Å²) in [5.41, 5.74) is 5.85. The van der Waals surface area contributed by atoms with Gasteiger partial charge in [-0.1, -0.05) is 67.6 Å². The molecule has 0 N–H and O–H groups in total. The summed E-state index contributed by atoms with van der Waals surface area (Å²) in [5, 5.41) is 0. The van der Waals surface area contributed by atoms with Crippen LogP contribution >= 0.6 is 0 Å². The average molecular weight is 452 g/mol. The van der Waals surface area contributed by atoms with E-state index < -0.39 is 0 Å². The number of aryl methyl sites for hydroxylation is 1. The Morgan fingerprint density at radius 2 is 1.62 bits per heavy atom. The zero-order valence-electron chi connectivity index (χ0n) is 19.5. The number of para-hydroxylation sites is 1. The van der Waals surface area contributed by atoms with Crippen molar-refractivity contribution in [1.82, 2.24) is 0 Å². The summed E-state index contributed by atoms with van der Waals surface area (Å²) in [6.07, 6.45) is 3.22. The van der Waals surface area contributed by atoms with Crippen LogP contribution in [0.5, 0.6) is 5.75 Å². The van der Waals surface area contributed by atoms with E-state index >= 15 is 0 Å². The van der Waals surface area contributed by atoms with Crippen LogP contribution in [0.15, 0.2) is 90.1 Å². The monoisotopic (exact) mass is 451 g/mol. The Balaban J connectivity index is 1.45. The zero-order chi connectivity index (χ0) is 23.5. The van der Waals surface area contributed by atoms with Gasteiger partial charge in [0.05, 0.1) is 5.69 Å². The van der Waals surface area contributed by atoms with Crippen LogP contribution in [0.2, 0.25) is 0 Å². The molecule has 34 heavy (non-hydrogen) atoms. The van der Waals surface area contributed by atoms with Gasteiger partial charge in [-0.3, -0.25) is 14.5 Å². The van der Waals surface area contributed by atoms with Crippen LogP contribution in [-0.4, -0.2) is 11.7 Å². The third-order valence-corrected chi connectivity index (χ3v) is 6.82. The van der Waals surface area contributed by atoms with Crippen molar-refractivity contribution in [2.45, 2.75) is 51.6 Å². The van der Waals surface area contributed by atoms with E-state index in [1.165, 1.54) is 0 Å². The Labute approximate surface area is 200 Å². The molecule has 172 valence electrons. The molecule has 0 saturated heterocycles. The van der Waals surface area contributed by atoms with Gasteiger partial charge in [0.2, 0.25) is 5.91 Å². The summed E-state index contributed by atoms with van der Waals surface area (Å²) in [4.78, 5) is 28.5. The van der Waals surface area contributed by atoms with Crippen LogP contribution in [0.3, 0.4) is 0 Å². The van der Waals surface area contributed by atoms with Crippen LogP contribution in [-0.2, 0) is 22.6 Å². The SMILES string of the molecule is CCc1ccccc1N1C(=O)CC(c2ccc(OCc3ccccc3)cc2)C2=C1CCCC2=O. The lowest BCUT2D eigenvalue weighted by Crippen LogP contribution is -2.41. The molecule has 0 radical (unpaired) electrons. The van der Waals surface area contributed by atoms with Gasteiger partial charge < -0.3 is 4.74 Å². The second-order valence-electron chi connectivity index (χ2n) is 8.95. The van der Waals surface area contributed by atoms with Crippen LogP contribution in [0.25, 0.3) is 0 Å². The number of carbonyl (C=O) groups excluding carboxylic acids is 2. The van der Waals surface area contributed by atoms with Gasteiger partial charge in [-0.25, -0.2) is 0 Å². The summed E-state index contributed by atoms with van der Waals surface area (Å²) in [6, 6.07) is 26.0.